The first kappa shape index (κ1) is 19.0. The molecule has 0 aromatic heterocycles. The van der Waals surface area contributed by atoms with Crippen LogP contribution in [0.5, 0.6) is 5.75 Å². The molecule has 0 spiro atoms. The second kappa shape index (κ2) is 10.6. The summed E-state index contributed by atoms with van der Waals surface area (Å²) in [7, 11) is 1.64. The summed E-state index contributed by atoms with van der Waals surface area (Å²) < 4.78 is 5.29. The number of ether oxygens (including phenoxy) is 1. The standard InChI is InChI=1S/C17H27N3O3/c1-4-18-16(21)12-20(5-2)13-17(22)19-11-10-14-8-6-7-9-15(14)23-3/h6-9H,4-5,10-13H2,1-3H3,(H,18,21)(H,19,22). The lowest BCUT2D eigenvalue weighted by Gasteiger charge is -2.19. The molecule has 1 aromatic rings. The lowest BCUT2D eigenvalue weighted by molar-refractivity contribution is -0.125. The molecule has 0 aliphatic heterocycles. The van der Waals surface area contributed by atoms with E-state index < -0.39 is 0 Å². The van der Waals surface area contributed by atoms with E-state index in [9.17, 15) is 9.59 Å². The molecule has 0 saturated carbocycles. The second-order valence-corrected chi connectivity index (χ2v) is 5.17. The molecule has 6 nitrogen and oxygen atoms in total. The van der Waals surface area contributed by atoms with Crippen molar-refractivity contribution >= 4 is 11.8 Å². The Morgan fingerprint density at radius 1 is 1.09 bits per heavy atom. The summed E-state index contributed by atoms with van der Waals surface area (Å²) in [4.78, 5) is 25.4. The molecule has 1 rings (SSSR count). The summed E-state index contributed by atoms with van der Waals surface area (Å²) in [5.41, 5.74) is 1.06. The molecule has 6 heteroatoms. The van der Waals surface area contributed by atoms with Crippen LogP contribution in [0.25, 0.3) is 0 Å². The summed E-state index contributed by atoms with van der Waals surface area (Å²) in [5.74, 6) is 0.690. The first-order chi connectivity index (χ1) is 11.1. The molecule has 0 aliphatic rings. The molecule has 2 N–H and O–H groups in total. The van der Waals surface area contributed by atoms with Gasteiger partial charge in [0, 0.05) is 13.1 Å². The lowest BCUT2D eigenvalue weighted by atomic mass is 10.1. The highest BCUT2D eigenvalue weighted by molar-refractivity contribution is 5.81. The van der Waals surface area contributed by atoms with Crippen molar-refractivity contribution in [1.29, 1.82) is 0 Å². The fraction of sp³-hybridized carbons (Fsp3) is 0.529. The van der Waals surface area contributed by atoms with Crippen LogP contribution >= 0.6 is 0 Å². The van der Waals surface area contributed by atoms with Crippen LogP contribution in [0.3, 0.4) is 0 Å². The van der Waals surface area contributed by atoms with Gasteiger partial charge in [-0.15, -0.1) is 0 Å². The number of nitrogens with zero attached hydrogens (tertiary/aromatic N) is 1. The van der Waals surface area contributed by atoms with E-state index in [1.165, 1.54) is 0 Å². The number of carbonyl (C=O) groups excluding carboxylic acids is 2. The van der Waals surface area contributed by atoms with Crippen LogP contribution in [0.4, 0.5) is 0 Å². The fourth-order valence-corrected chi connectivity index (χ4v) is 2.24. The normalized spacial score (nSPS) is 10.4. The van der Waals surface area contributed by atoms with Gasteiger partial charge in [0.1, 0.15) is 5.75 Å². The largest absolute Gasteiger partial charge is 0.496 e. The first-order valence-electron chi connectivity index (χ1n) is 7.98. The number of para-hydroxylation sites is 1. The molecule has 0 fully saturated rings. The van der Waals surface area contributed by atoms with Crippen LogP contribution in [0.15, 0.2) is 24.3 Å². The van der Waals surface area contributed by atoms with Crippen molar-refractivity contribution in [2.24, 2.45) is 0 Å². The number of hydrogen-bond acceptors (Lipinski definition) is 4. The van der Waals surface area contributed by atoms with Gasteiger partial charge in [-0.1, -0.05) is 25.1 Å². The number of hydrogen-bond donors (Lipinski definition) is 2. The number of nitrogens with one attached hydrogen (secondary N) is 2. The summed E-state index contributed by atoms with van der Waals surface area (Å²) >= 11 is 0. The molecular weight excluding hydrogens is 294 g/mol. The Bertz CT molecular complexity index is 506. The Morgan fingerprint density at radius 3 is 2.35 bits per heavy atom. The maximum atomic E-state index is 12.0. The highest BCUT2D eigenvalue weighted by Gasteiger charge is 2.12. The van der Waals surface area contributed by atoms with Crippen molar-refractivity contribution in [2.45, 2.75) is 20.3 Å². The topological polar surface area (TPSA) is 70.7 Å². The average Bonchev–Trinajstić information content (AvgIpc) is 2.54. The lowest BCUT2D eigenvalue weighted by Crippen LogP contribution is -2.43. The summed E-state index contributed by atoms with van der Waals surface area (Å²) in [6.07, 6.45) is 0.707. The van der Waals surface area contributed by atoms with Crippen LogP contribution < -0.4 is 15.4 Å². The smallest absolute Gasteiger partial charge is 0.234 e. The van der Waals surface area contributed by atoms with Gasteiger partial charge >= 0.3 is 0 Å². The molecule has 0 aliphatic carbocycles. The van der Waals surface area contributed by atoms with Crippen molar-refractivity contribution < 1.29 is 14.3 Å². The van der Waals surface area contributed by atoms with E-state index in [0.29, 0.717) is 26.1 Å². The van der Waals surface area contributed by atoms with Crippen LogP contribution in [0.1, 0.15) is 19.4 Å². The van der Waals surface area contributed by atoms with Crippen molar-refractivity contribution in [2.75, 3.05) is 39.8 Å². The van der Waals surface area contributed by atoms with Gasteiger partial charge in [-0.25, -0.2) is 0 Å². The number of carbonyl (C=O) groups is 2. The van der Waals surface area contributed by atoms with Gasteiger partial charge in [-0.05, 0) is 31.5 Å². The van der Waals surface area contributed by atoms with Gasteiger partial charge in [-0.3, -0.25) is 14.5 Å². The van der Waals surface area contributed by atoms with E-state index in [0.717, 1.165) is 11.3 Å². The molecule has 0 heterocycles. The number of methoxy groups -OCH3 is 1. The minimum absolute atomic E-state index is 0.0591. The van der Waals surface area contributed by atoms with Gasteiger partial charge in [0.05, 0.1) is 20.2 Å². The average molecular weight is 321 g/mol. The number of amides is 2. The van der Waals surface area contributed by atoms with Crippen LogP contribution in [-0.2, 0) is 16.0 Å². The maximum absolute atomic E-state index is 12.0. The molecule has 0 saturated heterocycles. The highest BCUT2D eigenvalue weighted by atomic mass is 16.5. The quantitative estimate of drug-likeness (QED) is 0.669. The second-order valence-electron chi connectivity index (χ2n) is 5.17. The third-order valence-electron chi connectivity index (χ3n) is 3.46. The van der Waals surface area contributed by atoms with Crippen molar-refractivity contribution in [1.82, 2.24) is 15.5 Å². The van der Waals surface area contributed by atoms with Crippen molar-refractivity contribution in [3.05, 3.63) is 29.8 Å². The van der Waals surface area contributed by atoms with Gasteiger partial charge in [0.15, 0.2) is 0 Å². The van der Waals surface area contributed by atoms with E-state index in [1.807, 2.05) is 43.0 Å². The van der Waals surface area contributed by atoms with Gasteiger partial charge in [0.25, 0.3) is 0 Å². The van der Waals surface area contributed by atoms with Crippen LogP contribution in [0, 0.1) is 0 Å². The van der Waals surface area contributed by atoms with Gasteiger partial charge in [0.2, 0.25) is 11.8 Å². The number of benzene rings is 1. The monoisotopic (exact) mass is 321 g/mol. The SMILES string of the molecule is CCNC(=O)CN(CC)CC(=O)NCCc1ccccc1OC. The summed E-state index contributed by atoms with van der Waals surface area (Å²) in [5, 5.41) is 5.62. The molecule has 0 bridgehead atoms. The Hall–Kier alpha value is -2.08. The zero-order chi connectivity index (χ0) is 17.1. The predicted octanol–water partition coefficient (Wildman–Crippen LogP) is 0.812. The van der Waals surface area contributed by atoms with E-state index >= 15 is 0 Å². The third-order valence-corrected chi connectivity index (χ3v) is 3.46. The Balaban J connectivity index is 2.36. The molecule has 0 atom stereocenters. The number of likely N-dealkylation sites (N-methyl/N-ethyl adjacent to an activating group) is 2. The van der Waals surface area contributed by atoms with Gasteiger partial charge < -0.3 is 15.4 Å². The van der Waals surface area contributed by atoms with Crippen LogP contribution in [-0.4, -0.2) is 56.5 Å². The Labute approximate surface area is 138 Å². The zero-order valence-corrected chi connectivity index (χ0v) is 14.2. The molecule has 2 amide bonds. The highest BCUT2D eigenvalue weighted by Crippen LogP contribution is 2.17. The number of rotatable bonds is 10. The molecule has 128 valence electrons. The van der Waals surface area contributed by atoms with E-state index in [1.54, 1.807) is 7.11 Å². The summed E-state index contributed by atoms with van der Waals surface area (Å²) in [6.45, 7) is 6.06. The Morgan fingerprint density at radius 2 is 1.74 bits per heavy atom. The zero-order valence-electron chi connectivity index (χ0n) is 14.2. The Kier molecular flexibility index (Phi) is 8.75. The van der Waals surface area contributed by atoms with Crippen molar-refractivity contribution in [3.63, 3.8) is 0 Å². The van der Waals surface area contributed by atoms with Gasteiger partial charge in [-0.2, -0.15) is 0 Å². The molecular formula is C17H27N3O3. The summed E-state index contributed by atoms with van der Waals surface area (Å²) in [6, 6.07) is 7.76. The molecule has 0 unspecified atom stereocenters. The minimum Gasteiger partial charge on any atom is -0.496 e. The maximum Gasteiger partial charge on any atom is 0.234 e. The van der Waals surface area contributed by atoms with E-state index in [4.69, 9.17) is 4.74 Å². The minimum atomic E-state index is -0.0777. The van der Waals surface area contributed by atoms with Crippen LogP contribution in [0.2, 0.25) is 0 Å². The van der Waals surface area contributed by atoms with Crippen molar-refractivity contribution in [3.8, 4) is 5.75 Å². The molecule has 0 radical (unpaired) electrons. The fourth-order valence-electron chi connectivity index (χ4n) is 2.24. The van der Waals surface area contributed by atoms with E-state index in [2.05, 4.69) is 10.6 Å². The predicted molar refractivity (Wildman–Crippen MR) is 90.5 cm³/mol. The third kappa shape index (κ3) is 7.15. The first-order valence-corrected chi connectivity index (χ1v) is 7.98. The molecule has 1 aromatic carbocycles. The van der Waals surface area contributed by atoms with E-state index in [-0.39, 0.29) is 24.9 Å². The molecule has 23 heavy (non-hydrogen) atoms.